The van der Waals surface area contributed by atoms with Crippen molar-refractivity contribution >= 4 is 33.2 Å². The fourth-order valence-corrected chi connectivity index (χ4v) is 5.98. The van der Waals surface area contributed by atoms with Gasteiger partial charge in [0.25, 0.3) is 5.22 Å². The number of sulfone groups is 1. The summed E-state index contributed by atoms with van der Waals surface area (Å²) in [4.78, 5) is 14.3. The molecular weight excluding hydrogens is 374 g/mol. The van der Waals surface area contributed by atoms with Crippen LogP contribution >= 0.6 is 11.8 Å². The molecular formula is C17H19N3O4S2. The molecule has 138 valence electrons. The van der Waals surface area contributed by atoms with Crippen molar-refractivity contribution in [2.75, 3.05) is 28.7 Å². The predicted octanol–water partition coefficient (Wildman–Crippen LogP) is 1.73. The van der Waals surface area contributed by atoms with Crippen molar-refractivity contribution in [2.45, 2.75) is 24.5 Å². The first-order valence-electron chi connectivity index (χ1n) is 8.54. The summed E-state index contributed by atoms with van der Waals surface area (Å²) in [6.45, 7) is 0.698. The molecule has 1 atom stereocenters. The van der Waals surface area contributed by atoms with Crippen molar-refractivity contribution in [1.82, 2.24) is 10.2 Å². The highest BCUT2D eigenvalue weighted by atomic mass is 32.2. The Kier molecular flexibility index (Phi) is 4.74. The summed E-state index contributed by atoms with van der Waals surface area (Å²) in [5.74, 6) is 1.15. The normalized spacial score (nSPS) is 21.1. The Hall–Kier alpha value is -1.87. The van der Waals surface area contributed by atoms with Crippen molar-refractivity contribution in [3.63, 3.8) is 0 Å². The molecule has 1 saturated heterocycles. The Morgan fingerprint density at radius 2 is 2.15 bits per heavy atom. The summed E-state index contributed by atoms with van der Waals surface area (Å²) < 4.78 is 28.6. The van der Waals surface area contributed by atoms with Gasteiger partial charge in [-0.3, -0.25) is 4.79 Å². The molecule has 9 heteroatoms. The molecule has 0 aliphatic carbocycles. The molecule has 26 heavy (non-hydrogen) atoms. The van der Waals surface area contributed by atoms with Gasteiger partial charge in [0.05, 0.1) is 17.3 Å². The maximum atomic E-state index is 12.5. The van der Waals surface area contributed by atoms with Crippen LogP contribution in [0.1, 0.15) is 17.9 Å². The van der Waals surface area contributed by atoms with E-state index in [0.717, 1.165) is 12.1 Å². The van der Waals surface area contributed by atoms with Crippen LogP contribution in [0.25, 0.3) is 0 Å². The van der Waals surface area contributed by atoms with Crippen molar-refractivity contribution in [1.29, 1.82) is 0 Å². The maximum Gasteiger partial charge on any atom is 0.277 e. The lowest BCUT2D eigenvalue weighted by molar-refractivity contribution is -0.116. The number of carbonyl (C=O) groups excluding carboxylic acids is 1. The van der Waals surface area contributed by atoms with Crippen LogP contribution in [-0.2, 0) is 27.5 Å². The van der Waals surface area contributed by atoms with Gasteiger partial charge in [-0.15, -0.1) is 10.2 Å². The van der Waals surface area contributed by atoms with Crippen molar-refractivity contribution in [3.05, 3.63) is 35.7 Å². The SMILES string of the molecule is O=C(CSc1nnc(CC2CCS(=O)(=O)C2)o1)N1CCc2ccccc21. The Morgan fingerprint density at radius 1 is 1.31 bits per heavy atom. The van der Waals surface area contributed by atoms with Gasteiger partial charge in [-0.05, 0) is 30.4 Å². The van der Waals surface area contributed by atoms with Gasteiger partial charge in [-0.1, -0.05) is 30.0 Å². The smallest absolute Gasteiger partial charge is 0.277 e. The number of benzene rings is 1. The van der Waals surface area contributed by atoms with Crippen LogP contribution in [0.5, 0.6) is 0 Å². The standard InChI is InChI=1S/C17H19N3O4S2/c21-16(20-7-5-13-3-1-2-4-14(13)20)10-25-17-19-18-15(24-17)9-12-6-8-26(22,23)11-12/h1-4,12H,5-11H2. The van der Waals surface area contributed by atoms with E-state index in [2.05, 4.69) is 10.2 Å². The highest BCUT2D eigenvalue weighted by Gasteiger charge is 2.29. The Labute approximate surface area is 156 Å². The summed E-state index contributed by atoms with van der Waals surface area (Å²) >= 11 is 1.22. The largest absolute Gasteiger partial charge is 0.416 e. The van der Waals surface area contributed by atoms with Gasteiger partial charge >= 0.3 is 0 Å². The number of rotatable bonds is 5. The van der Waals surface area contributed by atoms with E-state index in [1.54, 1.807) is 4.90 Å². The minimum Gasteiger partial charge on any atom is -0.416 e. The van der Waals surface area contributed by atoms with E-state index in [-0.39, 0.29) is 29.1 Å². The average Bonchev–Trinajstić information content (AvgIpc) is 3.31. The summed E-state index contributed by atoms with van der Waals surface area (Å²) in [7, 11) is -2.91. The Morgan fingerprint density at radius 3 is 2.96 bits per heavy atom. The Bertz CT molecular complexity index is 926. The average molecular weight is 393 g/mol. The van der Waals surface area contributed by atoms with Gasteiger partial charge in [0.15, 0.2) is 9.84 Å². The molecule has 0 saturated carbocycles. The van der Waals surface area contributed by atoms with E-state index < -0.39 is 9.84 Å². The zero-order valence-corrected chi connectivity index (χ0v) is 15.8. The number of fused-ring (bicyclic) bond motifs is 1. The van der Waals surface area contributed by atoms with Gasteiger partial charge in [0.1, 0.15) is 0 Å². The molecule has 0 N–H and O–H groups in total. The summed E-state index contributed by atoms with van der Waals surface area (Å²) in [5.41, 5.74) is 2.17. The highest BCUT2D eigenvalue weighted by molar-refractivity contribution is 7.99. The number of thioether (sulfide) groups is 1. The van der Waals surface area contributed by atoms with Gasteiger partial charge in [-0.25, -0.2) is 8.42 Å². The van der Waals surface area contributed by atoms with Gasteiger partial charge in [0, 0.05) is 18.7 Å². The first kappa shape index (κ1) is 17.5. The number of carbonyl (C=O) groups is 1. The summed E-state index contributed by atoms with van der Waals surface area (Å²) in [6.07, 6.45) is 1.99. The van der Waals surface area contributed by atoms with E-state index >= 15 is 0 Å². The third-order valence-corrected chi connectivity index (χ3v) is 7.39. The van der Waals surface area contributed by atoms with E-state index in [1.165, 1.54) is 17.3 Å². The molecule has 1 amide bonds. The third-order valence-electron chi connectivity index (χ3n) is 4.75. The lowest BCUT2D eigenvalue weighted by Crippen LogP contribution is -2.30. The molecule has 2 aromatic rings. The number of hydrogen-bond acceptors (Lipinski definition) is 7. The first-order valence-corrected chi connectivity index (χ1v) is 11.3. The number of para-hydroxylation sites is 1. The molecule has 2 aliphatic heterocycles. The second-order valence-electron chi connectivity index (χ2n) is 6.65. The van der Waals surface area contributed by atoms with Crippen LogP contribution in [0.2, 0.25) is 0 Å². The lowest BCUT2D eigenvalue weighted by atomic mass is 10.1. The number of hydrogen-bond donors (Lipinski definition) is 0. The lowest BCUT2D eigenvalue weighted by Gasteiger charge is -2.16. The zero-order valence-electron chi connectivity index (χ0n) is 14.1. The molecule has 1 fully saturated rings. The van der Waals surface area contributed by atoms with Crippen LogP contribution in [-0.4, -0.2) is 48.3 Å². The van der Waals surface area contributed by atoms with Crippen molar-refractivity contribution in [2.24, 2.45) is 5.92 Å². The fraction of sp³-hybridized carbons (Fsp3) is 0.471. The number of anilines is 1. The second kappa shape index (κ2) is 7.03. The molecule has 7 nitrogen and oxygen atoms in total. The summed E-state index contributed by atoms with van der Waals surface area (Å²) in [6, 6.07) is 7.93. The topological polar surface area (TPSA) is 93.4 Å². The fourth-order valence-electron chi connectivity index (χ4n) is 3.46. The van der Waals surface area contributed by atoms with E-state index in [0.29, 0.717) is 30.5 Å². The van der Waals surface area contributed by atoms with Crippen molar-refractivity contribution < 1.29 is 17.6 Å². The van der Waals surface area contributed by atoms with Gasteiger partial charge in [-0.2, -0.15) is 0 Å². The summed E-state index contributed by atoms with van der Waals surface area (Å²) in [5, 5.41) is 8.29. The molecule has 4 rings (SSSR count). The Balaban J connectivity index is 1.32. The molecule has 0 spiro atoms. The van der Waals surface area contributed by atoms with Gasteiger partial charge < -0.3 is 9.32 Å². The van der Waals surface area contributed by atoms with Crippen LogP contribution in [0.3, 0.4) is 0 Å². The monoisotopic (exact) mass is 393 g/mol. The van der Waals surface area contributed by atoms with E-state index in [1.807, 2.05) is 24.3 Å². The van der Waals surface area contributed by atoms with Crippen LogP contribution in [0, 0.1) is 5.92 Å². The second-order valence-corrected chi connectivity index (χ2v) is 9.80. The third kappa shape index (κ3) is 3.78. The molecule has 2 aliphatic rings. The maximum absolute atomic E-state index is 12.5. The van der Waals surface area contributed by atoms with Crippen LogP contribution < -0.4 is 4.90 Å². The highest BCUT2D eigenvalue weighted by Crippen LogP contribution is 2.29. The molecule has 1 aromatic carbocycles. The first-order chi connectivity index (χ1) is 12.5. The number of aromatic nitrogens is 2. The van der Waals surface area contributed by atoms with Crippen LogP contribution in [0.4, 0.5) is 5.69 Å². The van der Waals surface area contributed by atoms with E-state index in [9.17, 15) is 13.2 Å². The predicted molar refractivity (Wildman–Crippen MR) is 98.0 cm³/mol. The molecule has 1 aromatic heterocycles. The molecule has 0 bridgehead atoms. The minimum absolute atomic E-state index is 0.0154. The molecule has 1 unspecified atom stereocenters. The number of nitrogens with zero attached hydrogens (tertiary/aromatic N) is 3. The van der Waals surface area contributed by atoms with Gasteiger partial charge in [0.2, 0.25) is 11.8 Å². The quantitative estimate of drug-likeness (QED) is 0.714. The van der Waals surface area contributed by atoms with Crippen molar-refractivity contribution in [3.8, 4) is 0 Å². The zero-order chi connectivity index (χ0) is 18.1. The van der Waals surface area contributed by atoms with Crippen LogP contribution in [0.15, 0.2) is 33.9 Å². The number of amides is 1. The minimum atomic E-state index is -2.91. The van der Waals surface area contributed by atoms with E-state index in [4.69, 9.17) is 4.42 Å². The molecule has 0 radical (unpaired) electrons. The molecule has 3 heterocycles.